The summed E-state index contributed by atoms with van der Waals surface area (Å²) in [7, 11) is 10.9. The topological polar surface area (TPSA) is 407 Å². The van der Waals surface area contributed by atoms with Crippen LogP contribution in [0, 0.1) is 5.92 Å². The van der Waals surface area contributed by atoms with Crippen molar-refractivity contribution in [3.05, 3.63) is 10.4 Å². The summed E-state index contributed by atoms with van der Waals surface area (Å²) < 4.78 is 142. The van der Waals surface area contributed by atoms with Crippen LogP contribution in [0.25, 0.3) is 10.4 Å². The van der Waals surface area contributed by atoms with Crippen molar-refractivity contribution >= 4 is 47.8 Å². The maximum absolute atomic E-state index is 14.0. The molecule has 5 rings (SSSR count). The Bertz CT molecular complexity index is 2370. The summed E-state index contributed by atoms with van der Waals surface area (Å²) in [4.78, 5) is 106. The summed E-state index contributed by atoms with van der Waals surface area (Å²) in [5, 5.41) is 3.87. The van der Waals surface area contributed by atoms with E-state index in [1.54, 1.807) is 0 Å². The summed E-state index contributed by atoms with van der Waals surface area (Å²) in [5.74, 6) is -8.06. The molecule has 0 aliphatic carbocycles. The van der Waals surface area contributed by atoms with Gasteiger partial charge in [0.25, 0.3) is 0 Å². The Labute approximate surface area is 499 Å². The third kappa shape index (κ3) is 17.9. The molecule has 0 bridgehead atoms. The number of carbonyl (C=O) groups is 8. The molecular weight excluding hydrogens is 1180 g/mol. The largest absolute Gasteiger partial charge is 0.467 e. The molecule has 0 aromatic rings. The predicted molar refractivity (Wildman–Crippen MR) is 277 cm³/mol. The van der Waals surface area contributed by atoms with E-state index >= 15 is 0 Å². The minimum Gasteiger partial charge on any atom is -0.467 e. The highest BCUT2D eigenvalue weighted by atomic mass is 16.8. The first-order valence-corrected chi connectivity index (χ1v) is 27.1. The van der Waals surface area contributed by atoms with E-state index in [4.69, 9.17) is 114 Å². The van der Waals surface area contributed by atoms with Crippen LogP contribution in [-0.4, -0.2) is 279 Å². The highest BCUT2D eigenvalue weighted by molar-refractivity contribution is 5.76. The van der Waals surface area contributed by atoms with Gasteiger partial charge in [-0.15, -0.1) is 0 Å². The van der Waals surface area contributed by atoms with Gasteiger partial charge in [-0.2, -0.15) is 0 Å². The third-order valence-corrected chi connectivity index (χ3v) is 14.5. The lowest BCUT2D eigenvalue weighted by molar-refractivity contribution is -0.385. The molecule has 0 amide bonds. The van der Waals surface area contributed by atoms with Crippen LogP contribution >= 0.6 is 0 Å². The Kier molecular flexibility index (Phi) is 28.1. The maximum Gasteiger partial charge on any atom is 0.337 e. The van der Waals surface area contributed by atoms with Crippen LogP contribution in [0.3, 0.4) is 0 Å². The van der Waals surface area contributed by atoms with Gasteiger partial charge in [0.15, 0.2) is 55.9 Å². The molecule has 25 atom stereocenters. The average molecular weight is 1260 g/mol. The Morgan fingerprint density at radius 3 is 1.10 bits per heavy atom. The van der Waals surface area contributed by atoms with Crippen molar-refractivity contribution in [3.8, 4) is 0 Å². The first kappa shape index (κ1) is 72.2. The first-order valence-electron chi connectivity index (χ1n) is 27.1. The monoisotopic (exact) mass is 1260 g/mol. The highest BCUT2D eigenvalue weighted by Crippen LogP contribution is 2.41. The van der Waals surface area contributed by atoms with Crippen molar-refractivity contribution < 1.29 is 152 Å². The van der Waals surface area contributed by atoms with Gasteiger partial charge in [0, 0.05) is 102 Å². The highest BCUT2D eigenvalue weighted by Gasteiger charge is 2.61. The second-order valence-corrected chi connectivity index (χ2v) is 20.1. The molecule has 5 aliphatic rings. The summed E-state index contributed by atoms with van der Waals surface area (Å²) in [6.45, 7) is 6.61. The van der Waals surface area contributed by atoms with Gasteiger partial charge in [-0.25, -0.2) is 9.59 Å². The zero-order valence-electron chi connectivity index (χ0n) is 51.0. The number of rotatable bonds is 27. The number of carbonyl (C=O) groups excluding carboxylic acids is 8. The summed E-state index contributed by atoms with van der Waals surface area (Å²) in [6.07, 6.45) is -34.1. The normalized spacial score (nSPS) is 37.6. The molecule has 35 nitrogen and oxygen atoms in total. The zero-order chi connectivity index (χ0) is 64.6. The van der Waals surface area contributed by atoms with Crippen molar-refractivity contribution in [1.82, 2.24) is 0 Å². The smallest absolute Gasteiger partial charge is 0.337 e. The number of methoxy groups -OCH3 is 9. The quantitative estimate of drug-likeness (QED) is 0.0314. The number of ether oxygens (including phenoxy) is 24. The van der Waals surface area contributed by atoms with Crippen molar-refractivity contribution in [2.45, 2.75) is 196 Å². The molecule has 0 aromatic carbocycles. The molecule has 494 valence electrons. The second kappa shape index (κ2) is 33.9. The van der Waals surface area contributed by atoms with E-state index in [9.17, 15) is 43.9 Å². The van der Waals surface area contributed by atoms with Crippen molar-refractivity contribution in [2.24, 2.45) is 11.0 Å². The van der Waals surface area contributed by atoms with Gasteiger partial charge in [-0.05, 0) is 5.53 Å². The molecule has 35 heteroatoms. The molecule has 5 saturated heterocycles. The Balaban J connectivity index is 1.53. The van der Waals surface area contributed by atoms with Gasteiger partial charge in [0.05, 0.1) is 20.3 Å². The minimum absolute atomic E-state index is 0.374. The summed E-state index contributed by atoms with van der Waals surface area (Å²) in [5.41, 5.74) is 9.70. The predicted octanol–water partition coefficient (Wildman–Crippen LogP) is -0.966. The molecule has 0 N–H and O–H groups in total. The van der Waals surface area contributed by atoms with Crippen molar-refractivity contribution in [1.29, 1.82) is 0 Å². The van der Waals surface area contributed by atoms with E-state index in [0.717, 1.165) is 48.8 Å². The molecule has 87 heavy (non-hydrogen) atoms. The fourth-order valence-electron chi connectivity index (χ4n) is 10.7. The molecule has 5 heterocycles. The Morgan fingerprint density at radius 1 is 0.368 bits per heavy atom. The van der Waals surface area contributed by atoms with E-state index in [2.05, 4.69) is 10.0 Å². The van der Waals surface area contributed by atoms with Crippen molar-refractivity contribution in [2.75, 3.05) is 83.8 Å². The lowest BCUT2D eigenvalue weighted by atomic mass is 9.90. The Morgan fingerprint density at radius 2 is 0.724 bits per heavy atom. The third-order valence-electron chi connectivity index (χ3n) is 14.5. The first-order chi connectivity index (χ1) is 41.4. The van der Waals surface area contributed by atoms with Gasteiger partial charge in [0.1, 0.15) is 105 Å². The molecule has 0 spiro atoms. The SMILES string of the molecule is COC(=O)C1O[C@@H](O[C@H]2C(OC(C)=O)C(C)[C@@H](O[C@H]3C(OC)C(OC)[C@H](O[C@@H]4C(COC(C)=O)O[C@H](OC)C(OC(C)=O)[C@H]4OC(C)=O)O[C@H]3C(=O)OC)O[C@H]2COC(C)=O)C(OC)[C@@H](OC)[C@@H]1O[C@H]1OC(COC(C)=O)[C@@H](OC)[C@H](OC)C1N=[N+]=[N-]. The lowest BCUT2D eigenvalue weighted by Gasteiger charge is -2.51. The number of hydrogen-bond donors (Lipinski definition) is 0. The molecule has 0 aromatic heterocycles. The molecule has 5 fully saturated rings. The number of esters is 8. The molecule has 0 radical (unpaired) electrons. The van der Waals surface area contributed by atoms with Gasteiger partial charge in [0.2, 0.25) is 0 Å². The van der Waals surface area contributed by atoms with Crippen LogP contribution < -0.4 is 0 Å². The zero-order valence-corrected chi connectivity index (χ0v) is 51.0. The van der Waals surface area contributed by atoms with Gasteiger partial charge in [-0.3, -0.25) is 28.8 Å². The summed E-state index contributed by atoms with van der Waals surface area (Å²) in [6, 6.07) is -1.33. The molecule has 0 saturated carbocycles. The number of azide groups is 1. The van der Waals surface area contributed by atoms with Gasteiger partial charge >= 0.3 is 47.8 Å². The molecule has 10 unspecified atom stereocenters. The van der Waals surface area contributed by atoms with Gasteiger partial charge in [-0.1, -0.05) is 12.0 Å². The van der Waals surface area contributed by atoms with E-state index in [0.29, 0.717) is 0 Å². The standard InChI is InChI=1S/C52H79N3O32/c1-20-31(76-24(5)59)33(82-51-44(69-13)37(67-11)40(42(87-51)47(63)71-15)85-49-30(54-55-53)35(65-9)32(64-8)27(80-49)17-73-21(2)56)28(18-74-22(3)57)79-48(20)84-39-36(66-10)43(68-12)52(86-41(39)46(62)70-14)83-34-29(19-75-23(4)58)81-50(72-16)45(78-26(7)61)38(34)77-25(6)60/h20,27-45,48-52H,17-19H2,1-16H3/t20?,27?,28-,29?,30?,31?,32+,33+,34+,35+,36?,37-,38-,39-,40-,41+,42?,43?,44?,45?,48+,49+,50-,51+,52+/m0/s1. The van der Waals surface area contributed by atoms with Crippen LogP contribution in [0.4, 0.5) is 0 Å². The van der Waals surface area contributed by atoms with Crippen LogP contribution in [0.5, 0.6) is 0 Å². The fourth-order valence-corrected chi connectivity index (χ4v) is 10.7. The van der Waals surface area contributed by atoms with E-state index in [1.807, 2.05) is 0 Å². The van der Waals surface area contributed by atoms with Crippen LogP contribution in [0.15, 0.2) is 5.11 Å². The van der Waals surface area contributed by atoms with Gasteiger partial charge < -0.3 is 114 Å². The molecule has 5 aliphatic heterocycles. The fraction of sp³-hybridized carbons (Fsp3) is 0.846. The van der Waals surface area contributed by atoms with Crippen LogP contribution in [0.1, 0.15) is 48.5 Å². The van der Waals surface area contributed by atoms with Crippen molar-refractivity contribution in [3.63, 3.8) is 0 Å². The minimum atomic E-state index is -1.84. The van der Waals surface area contributed by atoms with E-state index in [-0.39, 0.29) is 6.61 Å². The Hall–Kier alpha value is -5.57. The van der Waals surface area contributed by atoms with Crippen LogP contribution in [-0.2, 0) is 152 Å². The number of nitrogens with zero attached hydrogens (tertiary/aromatic N) is 3. The van der Waals surface area contributed by atoms with E-state index < -0.39 is 214 Å². The van der Waals surface area contributed by atoms with E-state index in [1.165, 1.54) is 63.6 Å². The molecular formula is C52H79N3O32. The number of hydrogen-bond acceptors (Lipinski definition) is 33. The summed E-state index contributed by atoms with van der Waals surface area (Å²) >= 11 is 0. The lowest BCUT2D eigenvalue weighted by Crippen LogP contribution is -2.68. The maximum atomic E-state index is 14.0. The average Bonchev–Trinajstić information content (AvgIpc) is 0.946. The second-order valence-electron chi connectivity index (χ2n) is 20.1. The van der Waals surface area contributed by atoms with Crippen LogP contribution in [0.2, 0.25) is 0 Å².